The topological polar surface area (TPSA) is 102 Å². The Kier molecular flexibility index (Phi) is 6.73. The summed E-state index contributed by atoms with van der Waals surface area (Å²) in [7, 11) is 0. The first-order chi connectivity index (χ1) is 16.5. The normalized spacial score (nSPS) is 10.4. The molecule has 0 aliphatic carbocycles. The van der Waals surface area contributed by atoms with Crippen LogP contribution in [-0.2, 0) is 9.53 Å². The highest BCUT2D eigenvalue weighted by Gasteiger charge is 2.20. The minimum atomic E-state index is -0.765. The van der Waals surface area contributed by atoms with Crippen LogP contribution in [0.5, 0.6) is 0 Å². The first kappa shape index (κ1) is 22.4. The van der Waals surface area contributed by atoms with Gasteiger partial charge in [-0.25, -0.2) is 13.9 Å². The molecule has 170 valence electrons. The van der Waals surface area contributed by atoms with Crippen LogP contribution in [0.25, 0.3) is 16.9 Å². The molecule has 2 amide bonds. The van der Waals surface area contributed by atoms with Gasteiger partial charge in [0.15, 0.2) is 12.3 Å². The quantitative estimate of drug-likeness (QED) is 0.341. The zero-order valence-corrected chi connectivity index (χ0v) is 17.8. The van der Waals surface area contributed by atoms with E-state index in [0.29, 0.717) is 11.4 Å². The molecule has 9 heteroatoms. The Morgan fingerprint density at radius 3 is 2.18 bits per heavy atom. The molecule has 34 heavy (non-hydrogen) atoms. The van der Waals surface area contributed by atoms with Crippen molar-refractivity contribution in [2.24, 2.45) is 0 Å². The van der Waals surface area contributed by atoms with Gasteiger partial charge in [-0.3, -0.25) is 20.4 Å². The molecule has 0 spiro atoms. The molecule has 4 aromatic rings. The number of amides is 2. The van der Waals surface area contributed by atoms with E-state index >= 15 is 0 Å². The van der Waals surface area contributed by atoms with Crippen LogP contribution in [0.2, 0.25) is 0 Å². The van der Waals surface area contributed by atoms with E-state index in [-0.39, 0.29) is 11.3 Å². The minimum absolute atomic E-state index is 0.133. The number of ether oxygens (including phenoxy) is 1. The summed E-state index contributed by atoms with van der Waals surface area (Å²) in [4.78, 5) is 36.8. The third kappa shape index (κ3) is 5.33. The molecule has 8 nitrogen and oxygen atoms in total. The van der Waals surface area contributed by atoms with Crippen LogP contribution in [0.15, 0.2) is 91.0 Å². The molecule has 0 aliphatic heterocycles. The van der Waals surface area contributed by atoms with Gasteiger partial charge < -0.3 is 4.74 Å². The fraction of sp³-hybridized carbons (Fsp3) is 0.0400. The Hall–Kier alpha value is -4.79. The monoisotopic (exact) mass is 458 g/mol. The maximum atomic E-state index is 13.0. The summed E-state index contributed by atoms with van der Waals surface area (Å²) in [5.41, 5.74) is 6.63. The van der Waals surface area contributed by atoms with Gasteiger partial charge >= 0.3 is 5.97 Å². The fourth-order valence-corrected chi connectivity index (χ4v) is 3.08. The van der Waals surface area contributed by atoms with E-state index in [1.54, 1.807) is 18.2 Å². The van der Waals surface area contributed by atoms with E-state index in [9.17, 15) is 18.8 Å². The van der Waals surface area contributed by atoms with E-state index in [0.717, 1.165) is 17.7 Å². The third-order valence-electron chi connectivity index (χ3n) is 4.75. The molecule has 0 saturated heterocycles. The predicted octanol–water partition coefficient (Wildman–Crippen LogP) is 3.30. The highest BCUT2D eigenvalue weighted by atomic mass is 19.1. The molecule has 0 radical (unpaired) electrons. The molecule has 1 heterocycles. The second kappa shape index (κ2) is 10.2. The molecule has 3 aromatic carbocycles. The lowest BCUT2D eigenvalue weighted by molar-refractivity contribution is -0.125. The van der Waals surface area contributed by atoms with E-state index in [4.69, 9.17) is 4.74 Å². The SMILES string of the molecule is O=C(COC(=O)c1cc(-c2ccccc2)nn1-c1ccccc1)NNC(=O)c1ccc(F)cc1. The van der Waals surface area contributed by atoms with Crippen molar-refractivity contribution >= 4 is 17.8 Å². The lowest BCUT2D eigenvalue weighted by atomic mass is 10.1. The van der Waals surface area contributed by atoms with Gasteiger partial charge in [0.25, 0.3) is 11.8 Å². The molecule has 1 aromatic heterocycles. The van der Waals surface area contributed by atoms with Crippen molar-refractivity contribution in [2.45, 2.75) is 0 Å². The van der Waals surface area contributed by atoms with Gasteiger partial charge in [0.1, 0.15) is 5.82 Å². The molecule has 4 rings (SSSR count). The smallest absolute Gasteiger partial charge is 0.357 e. The van der Waals surface area contributed by atoms with Crippen molar-refractivity contribution in [2.75, 3.05) is 6.61 Å². The molecule has 0 saturated carbocycles. The van der Waals surface area contributed by atoms with Gasteiger partial charge in [-0.1, -0.05) is 48.5 Å². The number of aromatic nitrogens is 2. The van der Waals surface area contributed by atoms with Crippen LogP contribution in [0.1, 0.15) is 20.8 Å². The van der Waals surface area contributed by atoms with E-state index in [1.165, 1.54) is 16.8 Å². The van der Waals surface area contributed by atoms with Crippen LogP contribution in [-0.4, -0.2) is 34.2 Å². The Bertz CT molecular complexity index is 1310. The van der Waals surface area contributed by atoms with Gasteiger partial charge in [0.2, 0.25) is 0 Å². The van der Waals surface area contributed by atoms with E-state index in [2.05, 4.69) is 16.0 Å². The summed E-state index contributed by atoms with van der Waals surface area (Å²) < 4.78 is 19.5. The third-order valence-corrected chi connectivity index (χ3v) is 4.75. The maximum Gasteiger partial charge on any atom is 0.357 e. The summed E-state index contributed by atoms with van der Waals surface area (Å²) in [5.74, 6) is -2.65. The Morgan fingerprint density at radius 2 is 1.50 bits per heavy atom. The molecule has 0 aliphatic rings. The van der Waals surface area contributed by atoms with Crippen LogP contribution in [0, 0.1) is 5.82 Å². The fourth-order valence-electron chi connectivity index (χ4n) is 3.08. The van der Waals surface area contributed by atoms with Crippen LogP contribution in [0.4, 0.5) is 4.39 Å². The number of nitrogens with one attached hydrogen (secondary N) is 2. The lowest BCUT2D eigenvalue weighted by Crippen LogP contribution is -2.43. The number of nitrogens with zero attached hydrogens (tertiary/aromatic N) is 2. The summed E-state index contributed by atoms with van der Waals surface area (Å²) in [6.45, 7) is -0.636. The van der Waals surface area contributed by atoms with Gasteiger partial charge in [-0.05, 0) is 42.5 Å². The first-order valence-electron chi connectivity index (χ1n) is 10.2. The number of hydrazine groups is 1. The van der Waals surface area contributed by atoms with Crippen molar-refractivity contribution in [3.63, 3.8) is 0 Å². The van der Waals surface area contributed by atoms with Crippen molar-refractivity contribution in [1.29, 1.82) is 0 Å². The average molecular weight is 458 g/mol. The van der Waals surface area contributed by atoms with Gasteiger partial charge in [-0.2, -0.15) is 5.10 Å². The second-order valence-electron chi connectivity index (χ2n) is 7.11. The zero-order valence-electron chi connectivity index (χ0n) is 17.8. The number of para-hydroxylation sites is 1. The number of hydrogen-bond donors (Lipinski definition) is 2. The lowest BCUT2D eigenvalue weighted by Gasteiger charge is -2.09. The highest BCUT2D eigenvalue weighted by molar-refractivity contribution is 5.96. The standard InChI is InChI=1S/C25H19FN4O4/c26-19-13-11-18(12-14-19)24(32)28-27-23(31)16-34-25(33)22-15-21(17-7-3-1-4-8-17)29-30(22)20-9-5-2-6-10-20/h1-15H,16H2,(H,27,31)(H,28,32). The number of carbonyl (C=O) groups is 3. The molecule has 2 N–H and O–H groups in total. The number of carbonyl (C=O) groups excluding carboxylic acids is 3. The second-order valence-corrected chi connectivity index (χ2v) is 7.11. The number of halogens is 1. The largest absolute Gasteiger partial charge is 0.451 e. The van der Waals surface area contributed by atoms with Crippen molar-refractivity contribution in [1.82, 2.24) is 20.6 Å². The number of hydrogen-bond acceptors (Lipinski definition) is 5. The Balaban J connectivity index is 1.43. The Morgan fingerprint density at radius 1 is 0.853 bits per heavy atom. The van der Waals surface area contributed by atoms with Gasteiger partial charge in [-0.15, -0.1) is 0 Å². The number of esters is 1. The molecular weight excluding hydrogens is 439 g/mol. The van der Waals surface area contributed by atoms with Crippen molar-refractivity contribution in [3.05, 3.63) is 108 Å². The highest BCUT2D eigenvalue weighted by Crippen LogP contribution is 2.22. The van der Waals surface area contributed by atoms with Crippen LogP contribution >= 0.6 is 0 Å². The predicted molar refractivity (Wildman–Crippen MR) is 121 cm³/mol. The average Bonchev–Trinajstić information content (AvgIpc) is 3.33. The minimum Gasteiger partial charge on any atom is -0.451 e. The van der Waals surface area contributed by atoms with Gasteiger partial charge in [0, 0.05) is 11.1 Å². The summed E-state index contributed by atoms with van der Waals surface area (Å²) in [6.07, 6.45) is 0. The van der Waals surface area contributed by atoms with Crippen molar-refractivity contribution < 1.29 is 23.5 Å². The molecule has 0 bridgehead atoms. The molecule has 0 atom stereocenters. The maximum absolute atomic E-state index is 13.0. The number of benzene rings is 3. The molecular formula is C25H19FN4O4. The van der Waals surface area contributed by atoms with Crippen LogP contribution < -0.4 is 10.9 Å². The summed E-state index contributed by atoms with van der Waals surface area (Å²) >= 11 is 0. The number of rotatable bonds is 6. The first-order valence-corrected chi connectivity index (χ1v) is 10.2. The molecule has 0 fully saturated rings. The van der Waals surface area contributed by atoms with Crippen molar-refractivity contribution in [3.8, 4) is 16.9 Å². The molecule has 0 unspecified atom stereocenters. The Labute approximate surface area is 194 Å². The zero-order chi connectivity index (χ0) is 23.9. The van der Waals surface area contributed by atoms with Gasteiger partial charge in [0.05, 0.1) is 11.4 Å². The van der Waals surface area contributed by atoms with E-state index in [1.807, 2.05) is 48.5 Å². The summed E-state index contributed by atoms with van der Waals surface area (Å²) in [6, 6.07) is 24.7. The van der Waals surface area contributed by atoms with E-state index < -0.39 is 30.2 Å². The summed E-state index contributed by atoms with van der Waals surface area (Å²) in [5, 5.41) is 4.53. The van der Waals surface area contributed by atoms with Crippen LogP contribution in [0.3, 0.4) is 0 Å².